The highest BCUT2D eigenvalue weighted by molar-refractivity contribution is 5.09. The number of hydrogen-bond acceptors (Lipinski definition) is 2. The zero-order chi connectivity index (χ0) is 12.7. The zero-order valence-electron chi connectivity index (χ0n) is 11.7. The fourth-order valence-corrected chi connectivity index (χ4v) is 2.15. The maximum atomic E-state index is 4.04. The summed E-state index contributed by atoms with van der Waals surface area (Å²) in [6.07, 6.45) is 7.38. The average molecular weight is 234 g/mol. The summed E-state index contributed by atoms with van der Waals surface area (Å²) >= 11 is 0. The van der Waals surface area contributed by atoms with E-state index in [-0.39, 0.29) is 0 Å². The molecule has 1 atom stereocenters. The summed E-state index contributed by atoms with van der Waals surface area (Å²) in [5, 5.41) is 3.60. The summed E-state index contributed by atoms with van der Waals surface area (Å²) in [7, 11) is 0. The molecule has 96 valence electrons. The van der Waals surface area contributed by atoms with Gasteiger partial charge in [0.2, 0.25) is 0 Å². The molecule has 0 aliphatic rings. The first-order valence-electron chi connectivity index (χ1n) is 6.66. The van der Waals surface area contributed by atoms with Crippen LogP contribution in [0.2, 0.25) is 0 Å². The first-order valence-corrected chi connectivity index (χ1v) is 6.66. The van der Waals surface area contributed by atoms with Gasteiger partial charge in [0.25, 0.3) is 0 Å². The maximum absolute atomic E-state index is 4.04. The van der Waals surface area contributed by atoms with Crippen LogP contribution in [0.1, 0.15) is 46.1 Å². The van der Waals surface area contributed by atoms with E-state index >= 15 is 0 Å². The number of aromatic nitrogens is 1. The molecule has 0 spiro atoms. The van der Waals surface area contributed by atoms with Crippen LogP contribution < -0.4 is 5.32 Å². The van der Waals surface area contributed by atoms with E-state index in [9.17, 15) is 0 Å². The minimum absolute atomic E-state index is 0.342. The van der Waals surface area contributed by atoms with Crippen molar-refractivity contribution in [3.8, 4) is 0 Å². The Morgan fingerprint density at radius 2 is 1.88 bits per heavy atom. The van der Waals surface area contributed by atoms with E-state index in [4.69, 9.17) is 0 Å². The Hall–Kier alpha value is -0.890. The highest BCUT2D eigenvalue weighted by Gasteiger charge is 2.22. The molecule has 0 fully saturated rings. The largest absolute Gasteiger partial charge is 0.314 e. The van der Waals surface area contributed by atoms with E-state index in [2.05, 4.69) is 50.1 Å². The molecule has 17 heavy (non-hydrogen) atoms. The fourth-order valence-electron chi connectivity index (χ4n) is 2.15. The molecule has 0 saturated carbocycles. The predicted octanol–water partition coefficient (Wildman–Crippen LogP) is 3.43. The molecule has 0 aromatic carbocycles. The third-order valence-electron chi connectivity index (χ3n) is 3.20. The summed E-state index contributed by atoms with van der Waals surface area (Å²) in [5.74, 6) is 0. The van der Waals surface area contributed by atoms with Crippen LogP contribution in [-0.2, 0) is 6.42 Å². The van der Waals surface area contributed by atoms with E-state index in [1.54, 1.807) is 0 Å². The smallest absolute Gasteiger partial charge is 0.0270 e. The molecule has 0 bridgehead atoms. The van der Waals surface area contributed by atoms with Gasteiger partial charge in [0.05, 0.1) is 0 Å². The van der Waals surface area contributed by atoms with Crippen LogP contribution in [0, 0.1) is 5.41 Å². The average Bonchev–Trinajstić information content (AvgIpc) is 2.28. The SMILES string of the molecule is CCNC(CCCc1ccncc1)C(C)(C)C. The van der Waals surface area contributed by atoms with E-state index in [1.165, 1.54) is 18.4 Å². The van der Waals surface area contributed by atoms with E-state index in [0.717, 1.165) is 13.0 Å². The van der Waals surface area contributed by atoms with E-state index in [1.807, 2.05) is 12.4 Å². The van der Waals surface area contributed by atoms with Gasteiger partial charge in [0, 0.05) is 18.4 Å². The zero-order valence-corrected chi connectivity index (χ0v) is 11.7. The highest BCUT2D eigenvalue weighted by Crippen LogP contribution is 2.23. The molecular formula is C15H26N2. The Kier molecular flexibility index (Phi) is 5.63. The highest BCUT2D eigenvalue weighted by atomic mass is 14.9. The van der Waals surface area contributed by atoms with Crippen molar-refractivity contribution in [3.63, 3.8) is 0 Å². The molecule has 2 heteroatoms. The quantitative estimate of drug-likeness (QED) is 0.815. The van der Waals surface area contributed by atoms with Gasteiger partial charge in [-0.2, -0.15) is 0 Å². The molecule has 1 rings (SSSR count). The van der Waals surface area contributed by atoms with Gasteiger partial charge in [0.1, 0.15) is 0 Å². The van der Waals surface area contributed by atoms with Crippen LogP contribution in [0.4, 0.5) is 0 Å². The summed E-state index contributed by atoms with van der Waals surface area (Å²) in [6, 6.07) is 4.83. The Balaban J connectivity index is 2.37. The van der Waals surface area contributed by atoms with Crippen molar-refractivity contribution in [1.82, 2.24) is 10.3 Å². The summed E-state index contributed by atoms with van der Waals surface area (Å²) in [4.78, 5) is 4.04. The lowest BCUT2D eigenvalue weighted by Crippen LogP contribution is -2.40. The first kappa shape index (κ1) is 14.2. The van der Waals surface area contributed by atoms with Crippen LogP contribution in [0.25, 0.3) is 0 Å². The molecule has 0 saturated heterocycles. The molecule has 0 aliphatic heterocycles. The standard InChI is InChI=1S/C15H26N2/c1-5-17-14(15(2,3)4)8-6-7-13-9-11-16-12-10-13/h9-12,14,17H,5-8H2,1-4H3. The van der Waals surface area contributed by atoms with Crippen molar-refractivity contribution in [2.24, 2.45) is 5.41 Å². The molecule has 1 aromatic heterocycles. The number of aryl methyl sites for hydroxylation is 1. The van der Waals surface area contributed by atoms with Gasteiger partial charge in [-0.25, -0.2) is 0 Å². The van der Waals surface area contributed by atoms with Gasteiger partial charge in [-0.15, -0.1) is 0 Å². The topological polar surface area (TPSA) is 24.9 Å². The van der Waals surface area contributed by atoms with Crippen LogP contribution in [-0.4, -0.2) is 17.6 Å². The number of pyridine rings is 1. The summed E-state index contributed by atoms with van der Waals surface area (Å²) in [5.41, 5.74) is 1.73. The minimum atomic E-state index is 0.342. The second kappa shape index (κ2) is 6.75. The molecule has 1 heterocycles. The van der Waals surface area contributed by atoms with E-state index < -0.39 is 0 Å². The lowest BCUT2D eigenvalue weighted by Gasteiger charge is -2.31. The van der Waals surface area contributed by atoms with Gasteiger partial charge >= 0.3 is 0 Å². The third kappa shape index (κ3) is 5.31. The Morgan fingerprint density at radius 1 is 1.24 bits per heavy atom. The minimum Gasteiger partial charge on any atom is -0.314 e. The van der Waals surface area contributed by atoms with Gasteiger partial charge in [0.15, 0.2) is 0 Å². The Labute approximate surface area is 106 Å². The van der Waals surface area contributed by atoms with Crippen molar-refractivity contribution in [3.05, 3.63) is 30.1 Å². The number of nitrogens with zero attached hydrogens (tertiary/aromatic N) is 1. The van der Waals surface area contributed by atoms with Gasteiger partial charge in [-0.05, 0) is 48.9 Å². The molecule has 0 radical (unpaired) electrons. The van der Waals surface area contributed by atoms with Crippen molar-refractivity contribution in [2.75, 3.05) is 6.54 Å². The van der Waals surface area contributed by atoms with Gasteiger partial charge in [-0.3, -0.25) is 4.98 Å². The van der Waals surface area contributed by atoms with Crippen molar-refractivity contribution in [2.45, 2.75) is 53.0 Å². The molecule has 0 amide bonds. The predicted molar refractivity (Wildman–Crippen MR) is 74.1 cm³/mol. The number of hydrogen-bond donors (Lipinski definition) is 1. The molecule has 1 unspecified atom stereocenters. The van der Waals surface area contributed by atoms with E-state index in [0.29, 0.717) is 11.5 Å². The lowest BCUT2D eigenvalue weighted by atomic mass is 9.83. The Bertz CT molecular complexity index is 300. The van der Waals surface area contributed by atoms with Crippen molar-refractivity contribution >= 4 is 0 Å². The lowest BCUT2D eigenvalue weighted by molar-refractivity contribution is 0.254. The van der Waals surface area contributed by atoms with Crippen molar-refractivity contribution in [1.29, 1.82) is 0 Å². The summed E-state index contributed by atoms with van der Waals surface area (Å²) < 4.78 is 0. The number of nitrogens with one attached hydrogen (secondary N) is 1. The fraction of sp³-hybridized carbons (Fsp3) is 0.667. The van der Waals surface area contributed by atoms with Gasteiger partial charge < -0.3 is 5.32 Å². The first-order chi connectivity index (χ1) is 8.04. The van der Waals surface area contributed by atoms with Crippen LogP contribution >= 0.6 is 0 Å². The molecule has 0 aliphatic carbocycles. The second-order valence-corrected chi connectivity index (χ2v) is 5.72. The third-order valence-corrected chi connectivity index (χ3v) is 3.20. The van der Waals surface area contributed by atoms with Crippen molar-refractivity contribution < 1.29 is 0 Å². The van der Waals surface area contributed by atoms with Crippen LogP contribution in [0.5, 0.6) is 0 Å². The number of rotatable bonds is 6. The molecular weight excluding hydrogens is 208 g/mol. The Morgan fingerprint density at radius 3 is 2.41 bits per heavy atom. The van der Waals surface area contributed by atoms with Crippen LogP contribution in [0.15, 0.2) is 24.5 Å². The summed E-state index contributed by atoms with van der Waals surface area (Å²) in [6.45, 7) is 10.2. The maximum Gasteiger partial charge on any atom is 0.0270 e. The molecule has 1 N–H and O–H groups in total. The second-order valence-electron chi connectivity index (χ2n) is 5.72. The van der Waals surface area contributed by atoms with Gasteiger partial charge in [-0.1, -0.05) is 27.7 Å². The molecule has 1 aromatic rings. The molecule has 2 nitrogen and oxygen atoms in total. The monoisotopic (exact) mass is 234 g/mol. The van der Waals surface area contributed by atoms with Crippen LogP contribution in [0.3, 0.4) is 0 Å². The normalized spacial score (nSPS) is 13.6.